The van der Waals surface area contributed by atoms with Gasteiger partial charge in [-0.15, -0.1) is 0 Å². The van der Waals surface area contributed by atoms with Crippen molar-refractivity contribution in [2.24, 2.45) is 0 Å². The Hall–Kier alpha value is -1.29. The maximum atomic E-state index is 11.2. The highest BCUT2D eigenvalue weighted by atomic mass is 79.9. The number of carboxylic acid groups (broad SMARTS) is 1. The zero-order valence-electron chi connectivity index (χ0n) is 10.6. The lowest BCUT2D eigenvalue weighted by molar-refractivity contribution is 0.0663. The Morgan fingerprint density at radius 1 is 1.44 bits per heavy atom. The van der Waals surface area contributed by atoms with Crippen LogP contribution in [0.15, 0.2) is 21.0 Å². The second-order valence-electron chi connectivity index (χ2n) is 4.59. The topological polar surface area (TPSA) is 50.4 Å². The van der Waals surface area contributed by atoms with E-state index in [1.54, 1.807) is 0 Å². The molecule has 1 aromatic carbocycles. The van der Waals surface area contributed by atoms with E-state index in [0.717, 1.165) is 21.0 Å². The highest BCUT2D eigenvalue weighted by Gasteiger charge is 2.21. The molecule has 1 N–H and O–H groups in total. The first kappa shape index (κ1) is 13.1. The monoisotopic (exact) mass is 310 g/mol. The van der Waals surface area contributed by atoms with Gasteiger partial charge in [0.1, 0.15) is 5.58 Å². The van der Waals surface area contributed by atoms with Gasteiger partial charge in [0.15, 0.2) is 0 Å². The van der Waals surface area contributed by atoms with E-state index in [1.165, 1.54) is 0 Å². The Morgan fingerprint density at radius 3 is 2.61 bits per heavy atom. The molecule has 0 bridgehead atoms. The Morgan fingerprint density at radius 2 is 2.11 bits per heavy atom. The van der Waals surface area contributed by atoms with Crippen molar-refractivity contribution in [3.63, 3.8) is 0 Å². The summed E-state index contributed by atoms with van der Waals surface area (Å²) < 4.78 is 6.53. The highest BCUT2D eigenvalue weighted by Crippen LogP contribution is 2.35. The van der Waals surface area contributed by atoms with Crippen LogP contribution in [0.4, 0.5) is 0 Å². The molecule has 0 aliphatic heterocycles. The molecule has 0 amide bonds. The van der Waals surface area contributed by atoms with E-state index in [9.17, 15) is 9.90 Å². The van der Waals surface area contributed by atoms with Crippen molar-refractivity contribution in [1.82, 2.24) is 0 Å². The summed E-state index contributed by atoms with van der Waals surface area (Å²) in [5, 5.41) is 10.1. The minimum Gasteiger partial charge on any atom is -0.475 e. The quantitative estimate of drug-likeness (QED) is 0.902. The van der Waals surface area contributed by atoms with Crippen LogP contribution in [0.25, 0.3) is 11.0 Å². The van der Waals surface area contributed by atoms with Gasteiger partial charge < -0.3 is 9.52 Å². The third-order valence-corrected chi connectivity index (χ3v) is 3.51. The van der Waals surface area contributed by atoms with Crippen LogP contribution < -0.4 is 0 Å². The van der Waals surface area contributed by atoms with Gasteiger partial charge >= 0.3 is 5.97 Å². The lowest BCUT2D eigenvalue weighted by atomic mass is 9.99. The average molecular weight is 311 g/mol. The number of aryl methyl sites for hydroxylation is 1. The van der Waals surface area contributed by atoms with E-state index in [4.69, 9.17) is 4.42 Å². The Labute approximate surface area is 114 Å². The first-order chi connectivity index (χ1) is 8.45. The van der Waals surface area contributed by atoms with E-state index >= 15 is 0 Å². The van der Waals surface area contributed by atoms with E-state index < -0.39 is 5.97 Å². The van der Waals surface area contributed by atoms with Gasteiger partial charge in [-0.25, -0.2) is 4.79 Å². The van der Waals surface area contributed by atoms with Gasteiger partial charge in [-0.3, -0.25) is 0 Å². The summed E-state index contributed by atoms with van der Waals surface area (Å²) in [6.45, 7) is 6.07. The summed E-state index contributed by atoms with van der Waals surface area (Å²) in [4.78, 5) is 11.2. The van der Waals surface area contributed by atoms with Gasteiger partial charge in [0.05, 0.1) is 0 Å². The minimum absolute atomic E-state index is 0.0625. The SMILES string of the molecule is CCc1c(C(=O)O)oc2c(C(C)C)cc(Br)cc12. The first-order valence-electron chi connectivity index (χ1n) is 5.93. The lowest BCUT2D eigenvalue weighted by Crippen LogP contribution is -1.97. The first-order valence-corrected chi connectivity index (χ1v) is 6.73. The standard InChI is InChI=1S/C14H15BrO3/c1-4-9-11-6-8(15)5-10(7(2)3)12(11)18-13(9)14(16)17/h5-7H,4H2,1-3H3,(H,16,17). The maximum absolute atomic E-state index is 11.2. The molecule has 0 unspecified atom stereocenters. The van der Waals surface area contributed by atoms with Crippen LogP contribution in [0.3, 0.4) is 0 Å². The van der Waals surface area contributed by atoms with Crippen LogP contribution in [0.2, 0.25) is 0 Å². The summed E-state index contributed by atoms with van der Waals surface area (Å²) in [6, 6.07) is 3.91. The van der Waals surface area contributed by atoms with Crippen molar-refractivity contribution in [1.29, 1.82) is 0 Å². The Bertz CT molecular complexity index is 611. The molecule has 1 aromatic heterocycles. The number of benzene rings is 1. The summed E-state index contributed by atoms with van der Waals surface area (Å²) in [7, 11) is 0. The van der Waals surface area contributed by atoms with Gasteiger partial charge in [-0.05, 0) is 30.0 Å². The average Bonchev–Trinajstić information content (AvgIpc) is 2.65. The Kier molecular flexibility index (Phi) is 3.48. The van der Waals surface area contributed by atoms with Gasteiger partial charge in [0.2, 0.25) is 5.76 Å². The van der Waals surface area contributed by atoms with E-state index in [0.29, 0.717) is 12.0 Å². The molecule has 0 saturated carbocycles. The Balaban J connectivity index is 2.87. The van der Waals surface area contributed by atoms with E-state index in [1.807, 2.05) is 19.1 Å². The van der Waals surface area contributed by atoms with Crippen LogP contribution in [0, 0.1) is 0 Å². The highest BCUT2D eigenvalue weighted by molar-refractivity contribution is 9.10. The fourth-order valence-electron chi connectivity index (χ4n) is 2.19. The molecular formula is C14H15BrO3. The number of furan rings is 1. The predicted molar refractivity (Wildman–Crippen MR) is 74.3 cm³/mol. The van der Waals surface area contributed by atoms with Crippen molar-refractivity contribution in [2.75, 3.05) is 0 Å². The molecule has 18 heavy (non-hydrogen) atoms. The number of rotatable bonds is 3. The molecule has 96 valence electrons. The molecule has 0 atom stereocenters. The smallest absolute Gasteiger partial charge is 0.372 e. The summed E-state index contributed by atoms with van der Waals surface area (Å²) in [6.07, 6.45) is 0.641. The largest absolute Gasteiger partial charge is 0.475 e. The number of hydrogen-bond acceptors (Lipinski definition) is 2. The fourth-order valence-corrected chi connectivity index (χ4v) is 2.67. The third kappa shape index (κ3) is 2.05. The summed E-state index contributed by atoms with van der Waals surface area (Å²) in [5.74, 6) is -0.663. The molecule has 1 heterocycles. The number of carbonyl (C=O) groups is 1. The molecule has 0 saturated heterocycles. The molecule has 0 radical (unpaired) electrons. The van der Waals surface area contributed by atoms with Crippen LogP contribution in [-0.4, -0.2) is 11.1 Å². The molecule has 0 spiro atoms. The maximum Gasteiger partial charge on any atom is 0.372 e. The van der Waals surface area contributed by atoms with Crippen molar-refractivity contribution in [3.8, 4) is 0 Å². The summed E-state index contributed by atoms with van der Waals surface area (Å²) >= 11 is 3.47. The molecule has 3 nitrogen and oxygen atoms in total. The third-order valence-electron chi connectivity index (χ3n) is 3.06. The van der Waals surface area contributed by atoms with Crippen molar-refractivity contribution in [2.45, 2.75) is 33.1 Å². The number of aromatic carboxylic acids is 1. The minimum atomic E-state index is -1.01. The zero-order chi connectivity index (χ0) is 13.4. The van der Waals surface area contributed by atoms with Crippen molar-refractivity contribution < 1.29 is 14.3 Å². The summed E-state index contributed by atoms with van der Waals surface area (Å²) in [5.41, 5.74) is 2.49. The number of halogens is 1. The molecule has 4 heteroatoms. The van der Waals surface area contributed by atoms with Crippen molar-refractivity contribution in [3.05, 3.63) is 33.5 Å². The molecular weight excluding hydrogens is 296 g/mol. The zero-order valence-corrected chi connectivity index (χ0v) is 12.2. The van der Waals surface area contributed by atoms with Gasteiger partial charge in [0.25, 0.3) is 0 Å². The normalized spacial score (nSPS) is 11.4. The van der Waals surface area contributed by atoms with E-state index in [-0.39, 0.29) is 11.7 Å². The van der Waals surface area contributed by atoms with Crippen LogP contribution in [0.1, 0.15) is 48.4 Å². The van der Waals surface area contributed by atoms with E-state index in [2.05, 4.69) is 29.8 Å². The van der Waals surface area contributed by atoms with Gasteiger partial charge in [0, 0.05) is 15.4 Å². The lowest BCUT2D eigenvalue weighted by Gasteiger charge is -2.06. The number of hydrogen-bond donors (Lipinski definition) is 1. The van der Waals surface area contributed by atoms with Crippen molar-refractivity contribution >= 4 is 32.9 Å². The van der Waals surface area contributed by atoms with Gasteiger partial charge in [-0.1, -0.05) is 36.7 Å². The predicted octanol–water partition coefficient (Wildman–Crippen LogP) is 4.58. The second kappa shape index (κ2) is 4.76. The molecule has 2 rings (SSSR count). The number of carboxylic acids is 1. The molecule has 0 aliphatic carbocycles. The number of fused-ring (bicyclic) bond motifs is 1. The fraction of sp³-hybridized carbons (Fsp3) is 0.357. The molecule has 0 aliphatic rings. The molecule has 0 fully saturated rings. The van der Waals surface area contributed by atoms with Crippen LogP contribution >= 0.6 is 15.9 Å². The van der Waals surface area contributed by atoms with Crippen LogP contribution in [-0.2, 0) is 6.42 Å². The molecule has 2 aromatic rings. The second-order valence-corrected chi connectivity index (χ2v) is 5.51. The van der Waals surface area contributed by atoms with Gasteiger partial charge in [-0.2, -0.15) is 0 Å². The van der Waals surface area contributed by atoms with Crippen LogP contribution in [0.5, 0.6) is 0 Å².